The number of carboxylic acid groups (broad SMARTS) is 1. The lowest BCUT2D eigenvalue weighted by atomic mass is 10.1. The third kappa shape index (κ3) is 9.41. The van der Waals surface area contributed by atoms with Gasteiger partial charge in [-0.15, -0.1) is 0 Å². The molecule has 14 heteroatoms. The van der Waals surface area contributed by atoms with Crippen molar-refractivity contribution in [1.82, 2.24) is 25.9 Å². The van der Waals surface area contributed by atoms with E-state index in [0.717, 1.165) is 0 Å². The molecule has 0 aromatic carbocycles. The number of nitrogens with zero attached hydrogens (tertiary/aromatic N) is 1. The number of carbonyl (C=O) groups is 4. The van der Waals surface area contributed by atoms with Gasteiger partial charge in [0.05, 0.1) is 12.4 Å². The Kier molecular flexibility index (Phi) is 12.4. The van der Waals surface area contributed by atoms with E-state index in [4.69, 9.17) is 5.73 Å². The summed E-state index contributed by atoms with van der Waals surface area (Å²) < 4.78 is 0. The molecule has 1 aromatic heterocycles. The molecule has 0 saturated heterocycles. The standard InChI is InChI=1S/C17H28N6O5S3/c1-31-3-2-11(17(27)28)21-16(26)13(7-30)23-15(25)12(4-9-5-19-8-20-9)22-14(24)10(18)6-29/h5,8,10-13,29-30H,2-4,6-7,18H2,1H3,(H,19,20)(H,21,26)(H,22,24)(H,23,25)(H,27,28). The Morgan fingerprint density at radius 1 is 1.10 bits per heavy atom. The zero-order valence-corrected chi connectivity index (χ0v) is 19.5. The van der Waals surface area contributed by atoms with Gasteiger partial charge in [0.15, 0.2) is 0 Å². The van der Waals surface area contributed by atoms with Crippen molar-refractivity contribution >= 4 is 60.7 Å². The molecule has 11 nitrogen and oxygen atoms in total. The van der Waals surface area contributed by atoms with Gasteiger partial charge in [-0.25, -0.2) is 9.78 Å². The Morgan fingerprint density at radius 3 is 2.23 bits per heavy atom. The molecule has 1 heterocycles. The molecular formula is C17H28N6O5S3. The third-order valence-electron chi connectivity index (χ3n) is 4.19. The summed E-state index contributed by atoms with van der Waals surface area (Å²) >= 11 is 9.51. The average Bonchev–Trinajstić information content (AvgIpc) is 3.26. The van der Waals surface area contributed by atoms with Crippen LogP contribution >= 0.6 is 37.0 Å². The molecule has 0 aliphatic carbocycles. The van der Waals surface area contributed by atoms with Crippen molar-refractivity contribution in [1.29, 1.82) is 0 Å². The van der Waals surface area contributed by atoms with Gasteiger partial charge in [-0.2, -0.15) is 37.0 Å². The van der Waals surface area contributed by atoms with Crippen molar-refractivity contribution in [2.24, 2.45) is 5.73 Å². The number of aromatic amines is 1. The number of imidazole rings is 1. The van der Waals surface area contributed by atoms with E-state index in [-0.39, 0.29) is 24.3 Å². The highest BCUT2D eigenvalue weighted by Gasteiger charge is 2.29. The van der Waals surface area contributed by atoms with Gasteiger partial charge in [0.2, 0.25) is 17.7 Å². The molecule has 7 N–H and O–H groups in total. The van der Waals surface area contributed by atoms with Crippen LogP contribution in [0.3, 0.4) is 0 Å². The van der Waals surface area contributed by atoms with E-state index >= 15 is 0 Å². The highest BCUT2D eigenvalue weighted by molar-refractivity contribution is 7.98. The fraction of sp³-hybridized carbons (Fsp3) is 0.588. The summed E-state index contributed by atoms with van der Waals surface area (Å²) in [6, 6.07) is -4.17. The molecule has 4 atom stereocenters. The molecule has 3 amide bonds. The van der Waals surface area contributed by atoms with Gasteiger partial charge in [0.1, 0.15) is 18.1 Å². The first-order chi connectivity index (χ1) is 14.7. The number of aromatic nitrogens is 2. The minimum atomic E-state index is -1.17. The number of thioether (sulfide) groups is 1. The number of rotatable bonds is 14. The first-order valence-corrected chi connectivity index (χ1v) is 12.0. The summed E-state index contributed by atoms with van der Waals surface area (Å²) in [5.74, 6) is -2.54. The molecular weight excluding hydrogens is 464 g/mol. The molecule has 0 fully saturated rings. The Bertz CT molecular complexity index is 736. The first kappa shape index (κ1) is 27.1. The van der Waals surface area contributed by atoms with Crippen molar-refractivity contribution in [3.63, 3.8) is 0 Å². The van der Waals surface area contributed by atoms with E-state index in [1.807, 2.05) is 6.26 Å². The number of carboxylic acids is 1. The van der Waals surface area contributed by atoms with Crippen molar-refractivity contribution in [3.05, 3.63) is 18.2 Å². The van der Waals surface area contributed by atoms with Crippen LogP contribution in [0.25, 0.3) is 0 Å². The number of carbonyl (C=O) groups excluding carboxylic acids is 3. The Morgan fingerprint density at radius 2 is 1.71 bits per heavy atom. The van der Waals surface area contributed by atoms with Crippen LogP contribution < -0.4 is 21.7 Å². The first-order valence-electron chi connectivity index (χ1n) is 9.30. The monoisotopic (exact) mass is 492 g/mol. The maximum Gasteiger partial charge on any atom is 0.326 e. The zero-order chi connectivity index (χ0) is 23.4. The lowest BCUT2D eigenvalue weighted by Gasteiger charge is -2.24. The van der Waals surface area contributed by atoms with E-state index in [0.29, 0.717) is 11.4 Å². The number of hydrogen-bond acceptors (Lipinski definition) is 9. The van der Waals surface area contributed by atoms with Crippen molar-refractivity contribution in [3.8, 4) is 0 Å². The molecule has 4 unspecified atom stereocenters. The summed E-state index contributed by atoms with van der Waals surface area (Å²) in [6.07, 6.45) is 5.05. The smallest absolute Gasteiger partial charge is 0.326 e. The second kappa shape index (κ2) is 14.2. The second-order valence-corrected chi connectivity index (χ2v) is 8.27. The van der Waals surface area contributed by atoms with Crippen molar-refractivity contribution in [2.45, 2.75) is 37.0 Å². The van der Waals surface area contributed by atoms with Gasteiger partial charge in [-0.1, -0.05) is 0 Å². The quantitative estimate of drug-likeness (QED) is 0.143. The zero-order valence-electron chi connectivity index (χ0n) is 16.9. The van der Waals surface area contributed by atoms with Crippen LogP contribution in [0.5, 0.6) is 0 Å². The maximum atomic E-state index is 12.8. The largest absolute Gasteiger partial charge is 0.480 e. The molecule has 31 heavy (non-hydrogen) atoms. The summed E-state index contributed by atoms with van der Waals surface area (Å²) in [7, 11) is 0. The van der Waals surface area contributed by atoms with Gasteiger partial charge in [0, 0.05) is 29.8 Å². The fourth-order valence-corrected chi connectivity index (χ4v) is 3.31. The predicted molar refractivity (Wildman–Crippen MR) is 124 cm³/mol. The van der Waals surface area contributed by atoms with Crippen LogP contribution in [0.2, 0.25) is 0 Å². The van der Waals surface area contributed by atoms with Crippen LogP contribution in [0.4, 0.5) is 0 Å². The van der Waals surface area contributed by atoms with Crippen molar-refractivity contribution < 1.29 is 24.3 Å². The second-order valence-electron chi connectivity index (χ2n) is 6.56. The SMILES string of the molecule is CSCCC(NC(=O)C(CS)NC(=O)C(Cc1cnc[nH]1)NC(=O)C(N)CS)C(=O)O. The highest BCUT2D eigenvalue weighted by atomic mass is 32.2. The number of hydrogen-bond donors (Lipinski definition) is 8. The van der Waals surface area contributed by atoms with Gasteiger partial charge >= 0.3 is 5.97 Å². The summed E-state index contributed by atoms with van der Waals surface area (Å²) in [4.78, 5) is 55.6. The van der Waals surface area contributed by atoms with Gasteiger partial charge < -0.3 is 31.8 Å². The molecule has 1 aromatic rings. The van der Waals surface area contributed by atoms with E-state index in [9.17, 15) is 24.3 Å². The molecule has 0 spiro atoms. The predicted octanol–water partition coefficient (Wildman–Crippen LogP) is -1.57. The van der Waals surface area contributed by atoms with Crippen LogP contribution in [0.15, 0.2) is 12.5 Å². The minimum Gasteiger partial charge on any atom is -0.480 e. The molecule has 0 bridgehead atoms. The Balaban J connectivity index is 2.87. The van der Waals surface area contributed by atoms with Gasteiger partial charge in [0.25, 0.3) is 0 Å². The molecule has 0 aliphatic heterocycles. The number of H-pyrrole nitrogens is 1. The van der Waals surface area contributed by atoms with E-state index < -0.39 is 47.9 Å². The lowest BCUT2D eigenvalue weighted by Crippen LogP contribution is -2.58. The molecule has 0 radical (unpaired) electrons. The minimum absolute atomic E-state index is 0.0727. The molecule has 0 saturated carbocycles. The molecule has 1 rings (SSSR count). The van der Waals surface area contributed by atoms with Gasteiger partial charge in [-0.05, 0) is 18.4 Å². The fourth-order valence-electron chi connectivity index (χ4n) is 2.42. The van der Waals surface area contributed by atoms with Crippen molar-refractivity contribution in [2.75, 3.05) is 23.5 Å². The normalized spacial score (nSPS) is 14.7. The molecule has 174 valence electrons. The average molecular weight is 493 g/mol. The number of nitrogens with one attached hydrogen (secondary N) is 4. The number of nitrogens with two attached hydrogens (primary N) is 1. The van der Waals surface area contributed by atoms with Gasteiger partial charge in [-0.3, -0.25) is 14.4 Å². The van der Waals surface area contributed by atoms with Crippen LogP contribution in [0.1, 0.15) is 12.1 Å². The number of thiol groups is 2. The topological polar surface area (TPSA) is 179 Å². The maximum absolute atomic E-state index is 12.8. The Hall–Kier alpha value is -1.90. The van der Waals surface area contributed by atoms with E-state index in [2.05, 4.69) is 51.2 Å². The Labute approximate surface area is 195 Å². The lowest BCUT2D eigenvalue weighted by molar-refractivity contribution is -0.142. The summed E-state index contributed by atoms with van der Waals surface area (Å²) in [6.45, 7) is 0. The van der Waals surface area contributed by atoms with Crippen LogP contribution in [0, 0.1) is 0 Å². The number of amides is 3. The van der Waals surface area contributed by atoms with E-state index in [1.165, 1.54) is 24.3 Å². The van der Waals surface area contributed by atoms with E-state index in [1.54, 1.807) is 0 Å². The molecule has 0 aliphatic rings. The third-order valence-corrected chi connectivity index (χ3v) is 5.59. The number of aliphatic carboxylic acids is 1. The summed E-state index contributed by atoms with van der Waals surface area (Å²) in [5.41, 5.74) is 6.24. The highest BCUT2D eigenvalue weighted by Crippen LogP contribution is 2.04. The summed E-state index contributed by atoms with van der Waals surface area (Å²) in [5, 5.41) is 16.7. The van der Waals surface area contributed by atoms with Crippen LogP contribution in [-0.2, 0) is 25.6 Å². The van der Waals surface area contributed by atoms with Crippen LogP contribution in [-0.4, -0.2) is 86.4 Å².